The van der Waals surface area contributed by atoms with Gasteiger partial charge in [-0.2, -0.15) is 0 Å². The second-order valence-corrected chi connectivity index (χ2v) is 6.13. The van der Waals surface area contributed by atoms with Crippen LogP contribution in [0.15, 0.2) is 11.6 Å². The highest BCUT2D eigenvalue weighted by Gasteiger charge is 2.16. The third kappa shape index (κ3) is 4.85. The lowest BCUT2D eigenvalue weighted by Gasteiger charge is -2.19. The first-order valence-electron chi connectivity index (χ1n) is 8.16. The van der Waals surface area contributed by atoms with Crippen LogP contribution in [0, 0.1) is 5.92 Å². The molecule has 0 heterocycles. The first-order valence-corrected chi connectivity index (χ1v) is 8.16. The minimum Gasteiger partial charge on any atom is -0.0850 e. The fourth-order valence-corrected chi connectivity index (χ4v) is 3.60. The molecular weight excluding hydrogens is 204 g/mol. The number of hydrogen-bond donors (Lipinski definition) is 0. The number of hydrogen-bond acceptors (Lipinski definition) is 0. The first kappa shape index (κ1) is 13.2. The van der Waals surface area contributed by atoms with Crippen LogP contribution in [0.4, 0.5) is 0 Å². The number of rotatable bonds is 1. The summed E-state index contributed by atoms with van der Waals surface area (Å²) in [4.78, 5) is 0. The topological polar surface area (TPSA) is 0 Å². The maximum atomic E-state index is 2.57. The van der Waals surface area contributed by atoms with Crippen LogP contribution in [0.3, 0.4) is 0 Å². The van der Waals surface area contributed by atoms with Gasteiger partial charge >= 0.3 is 0 Å². The summed E-state index contributed by atoms with van der Waals surface area (Å²) in [7, 11) is 0. The monoisotopic (exact) mass is 234 g/mol. The predicted octanol–water partition coefficient (Wildman–Crippen LogP) is 6.02. The Balaban J connectivity index is 1.79. The molecule has 0 N–H and O–H groups in total. The molecule has 0 bridgehead atoms. The first-order chi connectivity index (χ1) is 8.47. The molecule has 0 saturated heterocycles. The third-order valence-corrected chi connectivity index (χ3v) is 4.71. The van der Waals surface area contributed by atoms with Crippen molar-refractivity contribution in [2.75, 3.05) is 0 Å². The van der Waals surface area contributed by atoms with E-state index in [9.17, 15) is 0 Å². The molecule has 0 spiro atoms. The van der Waals surface area contributed by atoms with Crippen LogP contribution in [0.25, 0.3) is 0 Å². The van der Waals surface area contributed by atoms with E-state index in [-0.39, 0.29) is 0 Å². The molecule has 2 aliphatic rings. The van der Waals surface area contributed by atoms with Gasteiger partial charge in [0.2, 0.25) is 0 Å². The largest absolute Gasteiger partial charge is 0.0850 e. The van der Waals surface area contributed by atoms with Crippen LogP contribution >= 0.6 is 0 Å². The highest BCUT2D eigenvalue weighted by atomic mass is 14.2. The van der Waals surface area contributed by atoms with Crippen molar-refractivity contribution in [1.82, 2.24) is 0 Å². The second kappa shape index (κ2) is 7.95. The minimum atomic E-state index is 0.969. The van der Waals surface area contributed by atoms with E-state index in [0.29, 0.717) is 0 Å². The van der Waals surface area contributed by atoms with Crippen molar-refractivity contribution < 1.29 is 0 Å². The van der Waals surface area contributed by atoms with Crippen molar-refractivity contribution in [2.45, 2.75) is 89.9 Å². The summed E-state index contributed by atoms with van der Waals surface area (Å²) >= 11 is 0. The molecule has 0 radical (unpaired) electrons. The summed E-state index contributed by atoms with van der Waals surface area (Å²) in [5.74, 6) is 0.969. The van der Waals surface area contributed by atoms with Gasteiger partial charge in [0.1, 0.15) is 0 Å². The van der Waals surface area contributed by atoms with E-state index in [4.69, 9.17) is 0 Å². The van der Waals surface area contributed by atoms with Crippen molar-refractivity contribution in [3.63, 3.8) is 0 Å². The quantitative estimate of drug-likeness (QED) is 0.487. The summed E-state index contributed by atoms with van der Waals surface area (Å²) in [6.07, 6.45) is 23.2. The van der Waals surface area contributed by atoms with E-state index in [2.05, 4.69) is 6.08 Å². The smallest absolute Gasteiger partial charge is 0.0203 e. The molecule has 0 aromatic carbocycles. The maximum Gasteiger partial charge on any atom is -0.0203 e. The molecule has 2 aliphatic carbocycles. The molecule has 0 atom stereocenters. The van der Waals surface area contributed by atoms with Gasteiger partial charge in [0.15, 0.2) is 0 Å². The lowest BCUT2D eigenvalue weighted by atomic mass is 9.87. The van der Waals surface area contributed by atoms with Crippen LogP contribution < -0.4 is 0 Å². The molecule has 0 amide bonds. The van der Waals surface area contributed by atoms with E-state index in [1.165, 1.54) is 89.9 Å². The molecular formula is C17H30. The van der Waals surface area contributed by atoms with Crippen LogP contribution in [0.5, 0.6) is 0 Å². The molecule has 98 valence electrons. The average molecular weight is 234 g/mol. The zero-order valence-electron chi connectivity index (χ0n) is 11.6. The molecule has 0 aromatic rings. The van der Waals surface area contributed by atoms with Gasteiger partial charge in [-0.05, 0) is 38.0 Å². The van der Waals surface area contributed by atoms with Crippen molar-refractivity contribution in [3.05, 3.63) is 11.6 Å². The van der Waals surface area contributed by atoms with Crippen LogP contribution in [0.1, 0.15) is 89.9 Å². The third-order valence-electron chi connectivity index (χ3n) is 4.71. The van der Waals surface area contributed by atoms with Crippen molar-refractivity contribution in [1.29, 1.82) is 0 Å². The Bertz CT molecular complexity index is 214. The molecule has 0 aromatic heterocycles. The fourth-order valence-electron chi connectivity index (χ4n) is 3.60. The molecule has 17 heavy (non-hydrogen) atoms. The molecule has 0 heteroatoms. The Labute approximate surface area is 108 Å². The van der Waals surface area contributed by atoms with Gasteiger partial charge in [0, 0.05) is 0 Å². The van der Waals surface area contributed by atoms with Gasteiger partial charge in [-0.15, -0.1) is 0 Å². The summed E-state index contributed by atoms with van der Waals surface area (Å²) < 4.78 is 0. The second-order valence-electron chi connectivity index (χ2n) is 6.13. The summed E-state index contributed by atoms with van der Waals surface area (Å²) in [6, 6.07) is 0. The highest BCUT2D eigenvalue weighted by molar-refractivity contribution is 5.11. The van der Waals surface area contributed by atoms with Gasteiger partial charge in [-0.1, -0.05) is 69.4 Å². The predicted molar refractivity (Wildman–Crippen MR) is 76.2 cm³/mol. The molecule has 0 unspecified atom stereocenters. The van der Waals surface area contributed by atoms with E-state index >= 15 is 0 Å². The zero-order valence-corrected chi connectivity index (χ0v) is 11.6. The van der Waals surface area contributed by atoms with Crippen molar-refractivity contribution >= 4 is 0 Å². The maximum absolute atomic E-state index is 2.57. The van der Waals surface area contributed by atoms with Crippen molar-refractivity contribution in [3.8, 4) is 0 Å². The van der Waals surface area contributed by atoms with Gasteiger partial charge < -0.3 is 0 Å². The van der Waals surface area contributed by atoms with E-state index in [0.717, 1.165) is 5.92 Å². The summed E-state index contributed by atoms with van der Waals surface area (Å²) in [6.45, 7) is 0. The van der Waals surface area contributed by atoms with Gasteiger partial charge in [-0.3, -0.25) is 0 Å². The lowest BCUT2D eigenvalue weighted by molar-refractivity contribution is 0.430. The Kier molecular flexibility index (Phi) is 6.16. The summed E-state index contributed by atoms with van der Waals surface area (Å²) in [5, 5.41) is 0. The van der Waals surface area contributed by atoms with Crippen molar-refractivity contribution in [2.24, 2.45) is 5.92 Å². The standard InChI is InChI=1S/C17H30/c1-2-4-6-8-12-16(13-9-7-5-3-1)17-14-10-11-15-17/h14,16H,1-13,15H2. The average Bonchev–Trinajstić information content (AvgIpc) is 2.83. The molecule has 2 rings (SSSR count). The van der Waals surface area contributed by atoms with Crippen LogP contribution in [0.2, 0.25) is 0 Å². The molecule has 0 aliphatic heterocycles. The Morgan fingerprint density at radius 2 is 1.18 bits per heavy atom. The fraction of sp³-hybridized carbons (Fsp3) is 0.882. The van der Waals surface area contributed by atoms with Crippen LogP contribution in [-0.4, -0.2) is 0 Å². The lowest BCUT2D eigenvalue weighted by Crippen LogP contribution is -2.04. The Hall–Kier alpha value is -0.260. The zero-order chi connectivity index (χ0) is 11.8. The van der Waals surface area contributed by atoms with E-state index in [1.54, 1.807) is 0 Å². The van der Waals surface area contributed by atoms with E-state index in [1.807, 2.05) is 5.57 Å². The van der Waals surface area contributed by atoms with Crippen LogP contribution in [-0.2, 0) is 0 Å². The molecule has 1 saturated carbocycles. The highest BCUT2D eigenvalue weighted by Crippen LogP contribution is 2.32. The SMILES string of the molecule is C1=C(C2CCCCCCCCCCC2)CCC1. The summed E-state index contributed by atoms with van der Waals surface area (Å²) in [5.41, 5.74) is 1.84. The molecule has 1 fully saturated rings. The van der Waals surface area contributed by atoms with E-state index < -0.39 is 0 Å². The van der Waals surface area contributed by atoms with Gasteiger partial charge in [0.05, 0.1) is 0 Å². The number of allylic oxidation sites excluding steroid dienone is 2. The van der Waals surface area contributed by atoms with Gasteiger partial charge in [-0.25, -0.2) is 0 Å². The normalized spacial score (nSPS) is 26.0. The Morgan fingerprint density at radius 3 is 1.65 bits per heavy atom. The Morgan fingerprint density at radius 1 is 0.647 bits per heavy atom. The molecule has 0 nitrogen and oxygen atoms in total. The minimum absolute atomic E-state index is 0.969. The van der Waals surface area contributed by atoms with Gasteiger partial charge in [0.25, 0.3) is 0 Å².